The van der Waals surface area contributed by atoms with Crippen LogP contribution in [0.25, 0.3) is 0 Å². The van der Waals surface area contributed by atoms with Gasteiger partial charge in [-0.3, -0.25) is 10.1 Å². The monoisotopic (exact) mass is 273 g/mol. The van der Waals surface area contributed by atoms with E-state index < -0.39 is 27.9 Å². The van der Waals surface area contributed by atoms with E-state index in [0.29, 0.717) is 19.8 Å². The van der Waals surface area contributed by atoms with Crippen LogP contribution in [-0.2, 0) is 4.74 Å². The van der Waals surface area contributed by atoms with Gasteiger partial charge in [0.15, 0.2) is 17.3 Å². The van der Waals surface area contributed by atoms with Crippen molar-refractivity contribution in [2.75, 3.05) is 31.6 Å². The number of nitrogens with one attached hydrogen (secondary N) is 2. The molecule has 2 N–H and O–H groups in total. The van der Waals surface area contributed by atoms with Crippen LogP contribution in [0.3, 0.4) is 0 Å². The first-order valence-electron chi connectivity index (χ1n) is 5.77. The van der Waals surface area contributed by atoms with Gasteiger partial charge in [0.2, 0.25) is 0 Å². The molecule has 1 unspecified atom stereocenters. The highest BCUT2D eigenvalue weighted by Gasteiger charge is 2.22. The zero-order valence-corrected chi connectivity index (χ0v) is 9.99. The molecular weight excluding hydrogens is 260 g/mol. The van der Waals surface area contributed by atoms with Gasteiger partial charge < -0.3 is 15.4 Å². The van der Waals surface area contributed by atoms with Gasteiger partial charge in [-0.15, -0.1) is 0 Å². The molecule has 1 fully saturated rings. The summed E-state index contributed by atoms with van der Waals surface area (Å²) >= 11 is 0. The van der Waals surface area contributed by atoms with E-state index in [1.165, 1.54) is 0 Å². The molecule has 104 valence electrons. The molecule has 0 bridgehead atoms. The molecule has 8 heteroatoms. The molecule has 1 saturated heterocycles. The number of nitro benzene ring substituents is 1. The maximum absolute atomic E-state index is 13.6. The second-order valence-electron chi connectivity index (χ2n) is 4.12. The van der Waals surface area contributed by atoms with Gasteiger partial charge >= 0.3 is 0 Å². The summed E-state index contributed by atoms with van der Waals surface area (Å²) in [7, 11) is 0. The molecule has 19 heavy (non-hydrogen) atoms. The molecule has 0 spiro atoms. The Labute approximate surface area is 107 Å². The molecule has 1 aromatic carbocycles. The van der Waals surface area contributed by atoms with Crippen molar-refractivity contribution in [2.45, 2.75) is 6.04 Å². The average Bonchev–Trinajstić information content (AvgIpc) is 2.41. The average molecular weight is 273 g/mol. The number of rotatable bonds is 4. The van der Waals surface area contributed by atoms with E-state index >= 15 is 0 Å². The van der Waals surface area contributed by atoms with Crippen LogP contribution in [-0.4, -0.2) is 37.3 Å². The van der Waals surface area contributed by atoms with Crippen LogP contribution in [0.15, 0.2) is 12.1 Å². The summed E-state index contributed by atoms with van der Waals surface area (Å²) in [4.78, 5) is 10.0. The number of halogens is 2. The maximum atomic E-state index is 13.6. The zero-order chi connectivity index (χ0) is 13.8. The van der Waals surface area contributed by atoms with Crippen LogP contribution < -0.4 is 10.6 Å². The quantitative estimate of drug-likeness (QED) is 0.638. The summed E-state index contributed by atoms with van der Waals surface area (Å²) in [5.74, 6) is -2.37. The predicted molar refractivity (Wildman–Crippen MR) is 64.1 cm³/mol. The molecule has 1 aromatic rings. The summed E-state index contributed by atoms with van der Waals surface area (Å²) in [5.41, 5.74) is -0.923. The second kappa shape index (κ2) is 5.89. The van der Waals surface area contributed by atoms with Crippen molar-refractivity contribution in [2.24, 2.45) is 0 Å². The number of morpholine rings is 1. The third kappa shape index (κ3) is 3.15. The minimum Gasteiger partial charge on any atom is -0.378 e. The lowest BCUT2D eigenvalue weighted by Crippen LogP contribution is -2.45. The minimum absolute atomic E-state index is 0.101. The van der Waals surface area contributed by atoms with Gasteiger partial charge in [0.1, 0.15) is 0 Å². The molecule has 1 aliphatic heterocycles. The lowest BCUT2D eigenvalue weighted by Gasteiger charge is -2.24. The van der Waals surface area contributed by atoms with Gasteiger partial charge in [-0.05, 0) is 6.07 Å². The highest BCUT2D eigenvalue weighted by atomic mass is 19.2. The third-order valence-electron chi connectivity index (χ3n) is 2.79. The minimum atomic E-state index is -1.24. The van der Waals surface area contributed by atoms with Gasteiger partial charge in [-0.25, -0.2) is 8.78 Å². The number of ether oxygens (including phenoxy) is 1. The Morgan fingerprint density at radius 1 is 1.53 bits per heavy atom. The van der Waals surface area contributed by atoms with Crippen molar-refractivity contribution in [1.82, 2.24) is 5.32 Å². The molecule has 0 aromatic heterocycles. The summed E-state index contributed by atoms with van der Waals surface area (Å²) in [6.07, 6.45) is 0. The molecule has 0 saturated carbocycles. The smallest absolute Gasteiger partial charge is 0.295 e. The molecule has 0 aliphatic carbocycles. The first-order chi connectivity index (χ1) is 9.09. The van der Waals surface area contributed by atoms with E-state index in [0.717, 1.165) is 12.1 Å². The van der Waals surface area contributed by atoms with E-state index in [1.807, 2.05) is 0 Å². The van der Waals surface area contributed by atoms with Crippen molar-refractivity contribution >= 4 is 11.4 Å². The fraction of sp³-hybridized carbons (Fsp3) is 0.455. The molecule has 2 rings (SSSR count). The Balaban J connectivity index is 2.13. The number of benzene rings is 1. The summed E-state index contributed by atoms with van der Waals surface area (Å²) in [6, 6.07) is 1.57. The Bertz CT molecular complexity index is 478. The number of hydrogen-bond donors (Lipinski definition) is 2. The lowest BCUT2D eigenvalue weighted by molar-refractivity contribution is -0.384. The van der Waals surface area contributed by atoms with Crippen molar-refractivity contribution in [3.63, 3.8) is 0 Å². The van der Waals surface area contributed by atoms with Crippen LogP contribution in [0.5, 0.6) is 0 Å². The largest absolute Gasteiger partial charge is 0.378 e. The van der Waals surface area contributed by atoms with Crippen molar-refractivity contribution in [3.8, 4) is 0 Å². The zero-order valence-electron chi connectivity index (χ0n) is 9.99. The summed E-state index contributed by atoms with van der Waals surface area (Å²) in [6.45, 7) is 1.87. The predicted octanol–water partition coefficient (Wildman–Crippen LogP) is 1.27. The summed E-state index contributed by atoms with van der Waals surface area (Å²) in [5, 5.41) is 16.4. The Morgan fingerprint density at radius 2 is 2.32 bits per heavy atom. The second-order valence-corrected chi connectivity index (χ2v) is 4.12. The first kappa shape index (κ1) is 13.6. The van der Waals surface area contributed by atoms with E-state index in [9.17, 15) is 18.9 Å². The number of hydrogen-bond acceptors (Lipinski definition) is 5. The van der Waals surface area contributed by atoms with Crippen molar-refractivity contribution in [1.29, 1.82) is 0 Å². The van der Waals surface area contributed by atoms with Crippen LogP contribution >= 0.6 is 0 Å². The van der Waals surface area contributed by atoms with Crippen LogP contribution in [0, 0.1) is 21.7 Å². The summed E-state index contributed by atoms with van der Waals surface area (Å²) < 4.78 is 31.9. The first-order valence-corrected chi connectivity index (χ1v) is 5.77. The van der Waals surface area contributed by atoms with Gasteiger partial charge in [0.25, 0.3) is 5.69 Å². The van der Waals surface area contributed by atoms with E-state index in [4.69, 9.17) is 4.74 Å². The molecule has 1 heterocycles. The SMILES string of the molecule is O=[N+]([O-])c1ccc(F)c(F)c1NCC1COCCN1. The fourth-order valence-corrected chi connectivity index (χ4v) is 1.84. The van der Waals surface area contributed by atoms with Crippen LogP contribution in [0.4, 0.5) is 20.2 Å². The number of nitrogens with zero attached hydrogens (tertiary/aromatic N) is 1. The van der Waals surface area contributed by atoms with Crippen LogP contribution in [0.1, 0.15) is 0 Å². The molecule has 1 atom stereocenters. The Hall–Kier alpha value is -1.80. The maximum Gasteiger partial charge on any atom is 0.295 e. The van der Waals surface area contributed by atoms with Crippen molar-refractivity contribution < 1.29 is 18.4 Å². The molecule has 1 aliphatic rings. The molecule has 0 amide bonds. The van der Waals surface area contributed by atoms with Gasteiger partial charge in [0.05, 0.1) is 18.1 Å². The molecule has 0 radical (unpaired) electrons. The van der Waals surface area contributed by atoms with Gasteiger partial charge in [-0.2, -0.15) is 0 Å². The molecule has 6 nitrogen and oxygen atoms in total. The highest BCUT2D eigenvalue weighted by Crippen LogP contribution is 2.28. The van der Waals surface area contributed by atoms with Crippen LogP contribution in [0.2, 0.25) is 0 Å². The molecular formula is C11H13F2N3O3. The number of nitro groups is 1. The van der Waals surface area contributed by atoms with Crippen molar-refractivity contribution in [3.05, 3.63) is 33.9 Å². The van der Waals surface area contributed by atoms with E-state index in [1.54, 1.807) is 0 Å². The standard InChI is InChI=1S/C11H13F2N3O3/c12-8-1-2-9(16(17)18)11(10(8)13)15-5-7-6-19-4-3-14-7/h1-2,7,14-15H,3-6H2. The van der Waals surface area contributed by atoms with Gasteiger partial charge in [-0.1, -0.05) is 0 Å². The lowest BCUT2D eigenvalue weighted by atomic mass is 10.2. The van der Waals surface area contributed by atoms with E-state index in [-0.39, 0.29) is 12.6 Å². The highest BCUT2D eigenvalue weighted by molar-refractivity contribution is 5.62. The third-order valence-corrected chi connectivity index (χ3v) is 2.79. The van der Waals surface area contributed by atoms with E-state index in [2.05, 4.69) is 10.6 Å². The Morgan fingerprint density at radius 3 is 2.95 bits per heavy atom. The normalized spacial score (nSPS) is 19.2. The van der Waals surface area contributed by atoms with Gasteiger partial charge in [0, 0.05) is 25.2 Å². The fourth-order valence-electron chi connectivity index (χ4n) is 1.84. The number of anilines is 1. The Kier molecular flexibility index (Phi) is 4.23. The topological polar surface area (TPSA) is 76.4 Å².